The van der Waals surface area contributed by atoms with Crippen LogP contribution in [-0.2, 0) is 42.7 Å². The number of fused-ring (bicyclic) bond motifs is 5. The number of nitrogens with zero attached hydrogens (tertiary/aromatic N) is 4. The molecule has 0 bridgehead atoms. The number of benzene rings is 10. The van der Waals surface area contributed by atoms with Crippen LogP contribution in [0.15, 0.2) is 230 Å². The van der Waals surface area contributed by atoms with Gasteiger partial charge in [0.15, 0.2) is 0 Å². The summed E-state index contributed by atoms with van der Waals surface area (Å²) in [7, 11) is 0. The first-order chi connectivity index (χ1) is 48.1. The van der Waals surface area contributed by atoms with Crippen LogP contribution in [0.3, 0.4) is 0 Å². The first kappa shape index (κ1) is 43.0. The quantitative estimate of drug-likeness (QED) is 0.128. The van der Waals surface area contributed by atoms with E-state index < -0.39 is 64.0 Å². The summed E-state index contributed by atoms with van der Waals surface area (Å²) < 4.78 is 150. The fraction of sp³-hybridized carbons (Fsp3) is 0.195. The van der Waals surface area contributed by atoms with Crippen molar-refractivity contribution >= 4 is 44.6 Å². The molecule has 3 heterocycles. The molecule has 0 amide bonds. The Kier molecular flexibility index (Phi) is 11.0. The summed E-state index contributed by atoms with van der Waals surface area (Å²) in [4.78, 5) is 8.77. The number of hydrogen-bond acceptors (Lipinski definition) is 4. The molecule has 12 aromatic rings. The summed E-state index contributed by atoms with van der Waals surface area (Å²) in [6.07, 6.45) is 2.94. The van der Waals surface area contributed by atoms with E-state index in [1.54, 1.807) is 28.8 Å². The average molecular weight is 1340 g/mol. The van der Waals surface area contributed by atoms with Crippen molar-refractivity contribution in [2.75, 3.05) is 9.80 Å². The summed E-state index contributed by atoms with van der Waals surface area (Å²) in [5.74, 6) is 0.611. The maximum atomic E-state index is 10.6. The van der Waals surface area contributed by atoms with E-state index in [4.69, 9.17) is 19.3 Å². The van der Waals surface area contributed by atoms with Crippen molar-refractivity contribution in [3.05, 3.63) is 271 Å². The standard InChI is InChI=1S/C82H73N4O.Pt/c1-79(2,3)61-47-67(57-37-40-70-72(46-57)82(9,10)42-41-81(70,7)8)78(68(48-61)60-44-58(54-25-14-11-15-26-54)43-59(45-60)55-27-16-12-17-28-55)85-53-84(74-35-22-23-36-75(74)85)62-31-24-32-63(49-62)87-64-38-39-66-65-33-20-21-34-73(65)86(76(66)50-64)77-51-71(80(4,5)6)69(52-83-77)56-29-18-13-19-30-56;/h11-40,43-48,51-53H,41-42H2,1-10H3;/q-3;/i13D,18D,19D,20D,21D,29D,30D,33D,34D,37D,40D,43D,44D,45D,46D;. The molecule has 440 valence electrons. The number of anilines is 4. The molecule has 88 heavy (non-hydrogen) atoms. The average Bonchev–Trinajstić information content (AvgIpc) is 1.63. The van der Waals surface area contributed by atoms with Crippen molar-refractivity contribution in [2.24, 2.45) is 0 Å². The third kappa shape index (κ3) is 10.7. The summed E-state index contributed by atoms with van der Waals surface area (Å²) in [6.45, 7) is 22.3. The zero-order valence-electron chi connectivity index (χ0n) is 65.8. The van der Waals surface area contributed by atoms with Crippen LogP contribution in [0.4, 0.5) is 22.7 Å². The van der Waals surface area contributed by atoms with Gasteiger partial charge < -0.3 is 19.1 Å². The number of para-hydroxylation sites is 3. The Balaban J connectivity index is 0.00000945. The molecule has 1 aliphatic heterocycles. The topological polar surface area (TPSA) is 33.5 Å². The SMILES string of the molecule is [2H]c1c([2H])c([2H])c(-c2cnc(-n3c4[c-]c(Oc5[c-]c(N6[CH-]N(c7c(-c8c([2H])c(-c9ccccc9)c([2H])c(-c9ccccc9)c8[2H])cc(C(C)(C)C)cc7-c7c([2H])c([2H])c8c(c7[2H])C(C)(C)CCC8(C)C)c7ccccc76)ccc5)ccc4c4c([2H])c([2H])c([2H])c([2H])c43)cc2C(C)(C)C)c([2H])c1[2H].[Pt]. The van der Waals surface area contributed by atoms with Crippen LogP contribution in [0.1, 0.15) is 125 Å². The van der Waals surface area contributed by atoms with E-state index >= 15 is 0 Å². The molecule has 0 N–H and O–H groups in total. The van der Waals surface area contributed by atoms with Gasteiger partial charge in [-0.2, -0.15) is 12.1 Å². The molecule has 1 aliphatic carbocycles. The van der Waals surface area contributed by atoms with E-state index in [1.807, 2.05) is 146 Å². The predicted molar refractivity (Wildman–Crippen MR) is 364 cm³/mol. The summed E-state index contributed by atoms with van der Waals surface area (Å²) in [5.41, 5.74) is 6.44. The molecule has 0 saturated heterocycles. The smallest absolute Gasteiger partial charge is 0.135 e. The second-order valence-corrected chi connectivity index (χ2v) is 26.0. The van der Waals surface area contributed by atoms with E-state index in [1.165, 1.54) is 6.20 Å². The molecule has 0 spiro atoms. The summed E-state index contributed by atoms with van der Waals surface area (Å²) in [5, 5.41) is 0.606. The number of rotatable bonds is 10. The minimum Gasteiger partial charge on any atom is -0.509 e. The zero-order chi connectivity index (χ0) is 73.0. The Labute approximate surface area is 555 Å². The molecule has 0 unspecified atom stereocenters. The van der Waals surface area contributed by atoms with Crippen molar-refractivity contribution in [3.8, 4) is 73.0 Å². The van der Waals surface area contributed by atoms with Crippen LogP contribution in [-0.4, -0.2) is 9.55 Å². The predicted octanol–water partition coefficient (Wildman–Crippen LogP) is 22.3. The molecule has 0 radical (unpaired) electrons. The van der Waals surface area contributed by atoms with Gasteiger partial charge in [-0.05, 0) is 156 Å². The number of hydrogen-bond donors (Lipinski definition) is 0. The molecular weight excluding hydrogens is 1250 g/mol. The van der Waals surface area contributed by atoms with Gasteiger partial charge in [0.05, 0.1) is 20.6 Å². The van der Waals surface area contributed by atoms with Crippen LogP contribution in [0.5, 0.6) is 11.5 Å². The molecule has 10 aromatic carbocycles. The first-order valence-corrected chi connectivity index (χ1v) is 29.5. The molecule has 2 aliphatic rings. The summed E-state index contributed by atoms with van der Waals surface area (Å²) in [6, 6.07) is 43.9. The number of ether oxygens (including phenoxy) is 1. The second-order valence-electron chi connectivity index (χ2n) is 26.0. The van der Waals surface area contributed by atoms with Gasteiger partial charge in [-0.15, -0.1) is 48.1 Å². The Morgan fingerprint density at radius 1 is 0.511 bits per heavy atom. The van der Waals surface area contributed by atoms with Crippen molar-refractivity contribution in [2.45, 2.75) is 104 Å². The molecule has 6 heteroatoms. The summed E-state index contributed by atoms with van der Waals surface area (Å²) >= 11 is 0. The zero-order valence-corrected chi connectivity index (χ0v) is 53.1. The molecule has 0 saturated carbocycles. The van der Waals surface area contributed by atoms with Gasteiger partial charge in [-0.1, -0.05) is 214 Å². The van der Waals surface area contributed by atoms with Gasteiger partial charge in [0.25, 0.3) is 0 Å². The molecule has 5 nitrogen and oxygen atoms in total. The fourth-order valence-electron chi connectivity index (χ4n) is 12.2. The number of aromatic nitrogens is 2. The van der Waals surface area contributed by atoms with Crippen molar-refractivity contribution in [1.82, 2.24) is 9.55 Å². The molecule has 2 aromatic heterocycles. The van der Waals surface area contributed by atoms with Crippen LogP contribution >= 0.6 is 0 Å². The third-order valence-electron chi connectivity index (χ3n) is 17.0. The van der Waals surface area contributed by atoms with E-state index in [-0.39, 0.29) is 120 Å². The van der Waals surface area contributed by atoms with Crippen LogP contribution in [0.2, 0.25) is 0 Å². The van der Waals surface area contributed by atoms with E-state index in [2.05, 4.69) is 60.6 Å². The minimum absolute atomic E-state index is 0. The largest absolute Gasteiger partial charge is 0.509 e. The van der Waals surface area contributed by atoms with Crippen LogP contribution in [0, 0.1) is 18.8 Å². The van der Waals surface area contributed by atoms with Gasteiger partial charge in [0.1, 0.15) is 5.82 Å². The second kappa shape index (κ2) is 22.4. The molecule has 0 fully saturated rings. The molecular formula is C82H73N4OPt-3. The maximum Gasteiger partial charge on any atom is 0.135 e. The van der Waals surface area contributed by atoms with Gasteiger partial charge in [-0.25, -0.2) is 4.98 Å². The van der Waals surface area contributed by atoms with Crippen LogP contribution < -0.4 is 14.5 Å². The van der Waals surface area contributed by atoms with E-state index in [0.717, 1.165) is 18.4 Å². The maximum absolute atomic E-state index is 10.6. The number of pyridine rings is 1. The van der Waals surface area contributed by atoms with Gasteiger partial charge in [0, 0.05) is 78.0 Å². The Hall–Kier alpha value is -8.76. The van der Waals surface area contributed by atoms with E-state index in [9.17, 15) is 11.0 Å². The minimum atomic E-state index is -0.733. The van der Waals surface area contributed by atoms with Crippen molar-refractivity contribution < 1.29 is 46.4 Å². The monoisotopic (exact) mass is 1340 g/mol. The Morgan fingerprint density at radius 3 is 1.78 bits per heavy atom. The molecule has 14 rings (SSSR count). The Bertz CT molecular complexity index is 5430. The van der Waals surface area contributed by atoms with Gasteiger partial charge in [-0.3, -0.25) is 0 Å². The van der Waals surface area contributed by atoms with Crippen molar-refractivity contribution in [1.29, 1.82) is 0 Å². The first-order valence-electron chi connectivity index (χ1n) is 37.0. The molecule has 0 atom stereocenters. The van der Waals surface area contributed by atoms with Crippen LogP contribution in [0.25, 0.3) is 83.3 Å². The normalized spacial score (nSPS) is 16.8. The van der Waals surface area contributed by atoms with Gasteiger partial charge in [0.2, 0.25) is 0 Å². The van der Waals surface area contributed by atoms with Crippen molar-refractivity contribution in [3.63, 3.8) is 0 Å². The van der Waals surface area contributed by atoms with E-state index in [0.29, 0.717) is 83.8 Å². The van der Waals surface area contributed by atoms with Gasteiger partial charge >= 0.3 is 0 Å². The fourth-order valence-corrected chi connectivity index (χ4v) is 12.2. The third-order valence-corrected chi connectivity index (χ3v) is 17.0. The Morgan fingerprint density at radius 2 is 1.11 bits per heavy atom.